The molecular formula is C11H17N3O2S. The molecule has 0 aliphatic rings. The molecule has 0 aromatic carbocycles. The Morgan fingerprint density at radius 2 is 2.18 bits per heavy atom. The predicted molar refractivity (Wildman–Crippen MR) is 68.8 cm³/mol. The third kappa shape index (κ3) is 2.82. The summed E-state index contributed by atoms with van der Waals surface area (Å²) < 4.78 is 4.89. The van der Waals surface area contributed by atoms with E-state index >= 15 is 0 Å². The van der Waals surface area contributed by atoms with Crippen molar-refractivity contribution in [3.05, 3.63) is 17.5 Å². The highest BCUT2D eigenvalue weighted by Crippen LogP contribution is 2.17. The summed E-state index contributed by atoms with van der Waals surface area (Å²) in [4.78, 5) is 12.2. The normalized spacial score (nSPS) is 11.2. The molecule has 5 nitrogen and oxygen atoms in total. The Morgan fingerprint density at radius 1 is 1.59 bits per heavy atom. The molecule has 0 atom stereocenters. The van der Waals surface area contributed by atoms with Gasteiger partial charge in [0.15, 0.2) is 0 Å². The molecule has 0 saturated heterocycles. The van der Waals surface area contributed by atoms with Crippen LogP contribution >= 0.6 is 12.2 Å². The van der Waals surface area contributed by atoms with Gasteiger partial charge in [0.1, 0.15) is 0 Å². The molecule has 0 bridgehead atoms. The summed E-state index contributed by atoms with van der Waals surface area (Å²) in [5.74, 6) is -0.174. The number of hydrogen-bond acceptors (Lipinski definition) is 4. The van der Waals surface area contributed by atoms with Gasteiger partial charge in [-0.2, -0.15) is 0 Å². The van der Waals surface area contributed by atoms with Crippen LogP contribution < -0.4 is 11.1 Å². The van der Waals surface area contributed by atoms with Crippen molar-refractivity contribution in [3.63, 3.8) is 0 Å². The van der Waals surface area contributed by atoms with Crippen molar-refractivity contribution in [3.8, 4) is 0 Å². The van der Waals surface area contributed by atoms with Gasteiger partial charge in [-0.3, -0.25) is 4.79 Å². The first-order chi connectivity index (χ1) is 7.95. The van der Waals surface area contributed by atoms with E-state index < -0.39 is 5.54 Å². The Bertz CT molecular complexity index is 424. The Labute approximate surface area is 106 Å². The van der Waals surface area contributed by atoms with Gasteiger partial charge in [0, 0.05) is 6.07 Å². The Balaban J connectivity index is 2.88. The van der Waals surface area contributed by atoms with E-state index in [1.165, 1.54) is 0 Å². The van der Waals surface area contributed by atoms with Crippen molar-refractivity contribution in [2.45, 2.75) is 39.2 Å². The first-order valence-corrected chi connectivity index (χ1v) is 5.91. The van der Waals surface area contributed by atoms with Crippen molar-refractivity contribution in [1.82, 2.24) is 10.5 Å². The molecule has 94 valence electrons. The maximum absolute atomic E-state index is 11.9. The van der Waals surface area contributed by atoms with E-state index in [-0.39, 0.29) is 16.7 Å². The molecule has 3 N–H and O–H groups in total. The zero-order valence-corrected chi connectivity index (χ0v) is 11.1. The van der Waals surface area contributed by atoms with E-state index in [9.17, 15) is 4.79 Å². The number of nitrogens with zero attached hydrogens (tertiary/aromatic N) is 1. The van der Waals surface area contributed by atoms with E-state index in [2.05, 4.69) is 10.5 Å². The standard InChI is InChI=1S/C11H17N3O2S/c1-4-11(5-2,10(12)17)13-9(15)8-6-7(3)14-16-8/h6H,4-5H2,1-3H3,(H2,12,17)(H,13,15). The first kappa shape index (κ1) is 13.6. The van der Waals surface area contributed by atoms with Crippen LogP contribution in [0.2, 0.25) is 0 Å². The molecule has 1 heterocycles. The lowest BCUT2D eigenvalue weighted by atomic mass is 9.92. The van der Waals surface area contributed by atoms with Gasteiger partial charge in [0.05, 0.1) is 16.2 Å². The summed E-state index contributed by atoms with van der Waals surface area (Å²) in [7, 11) is 0. The molecule has 0 radical (unpaired) electrons. The molecule has 17 heavy (non-hydrogen) atoms. The van der Waals surface area contributed by atoms with Crippen LogP contribution in [0.3, 0.4) is 0 Å². The molecule has 1 aromatic rings. The monoisotopic (exact) mass is 255 g/mol. The maximum Gasteiger partial charge on any atom is 0.290 e. The van der Waals surface area contributed by atoms with Crippen molar-refractivity contribution in [1.29, 1.82) is 0 Å². The smallest absolute Gasteiger partial charge is 0.290 e. The highest BCUT2D eigenvalue weighted by molar-refractivity contribution is 7.80. The molecule has 0 aliphatic heterocycles. The van der Waals surface area contributed by atoms with Crippen LogP contribution in [0, 0.1) is 6.92 Å². The third-order valence-electron chi connectivity index (χ3n) is 2.88. The summed E-state index contributed by atoms with van der Waals surface area (Å²) in [6.45, 7) is 5.60. The number of aryl methyl sites for hydroxylation is 1. The molecule has 1 rings (SSSR count). The highest BCUT2D eigenvalue weighted by Gasteiger charge is 2.32. The number of carbonyl (C=O) groups is 1. The van der Waals surface area contributed by atoms with Crippen LogP contribution in [0.4, 0.5) is 0 Å². The van der Waals surface area contributed by atoms with E-state index in [1.54, 1.807) is 13.0 Å². The lowest BCUT2D eigenvalue weighted by Gasteiger charge is -2.31. The average Bonchev–Trinajstić information content (AvgIpc) is 2.72. The molecule has 0 fully saturated rings. The van der Waals surface area contributed by atoms with E-state index in [0.29, 0.717) is 18.5 Å². The van der Waals surface area contributed by atoms with Gasteiger partial charge < -0.3 is 15.6 Å². The number of aromatic nitrogens is 1. The number of amides is 1. The number of rotatable bonds is 5. The van der Waals surface area contributed by atoms with Crippen LogP contribution in [0.25, 0.3) is 0 Å². The highest BCUT2D eigenvalue weighted by atomic mass is 32.1. The molecule has 0 spiro atoms. The Morgan fingerprint density at radius 3 is 2.53 bits per heavy atom. The topological polar surface area (TPSA) is 81.2 Å². The SMILES string of the molecule is CCC(CC)(NC(=O)c1cc(C)no1)C(N)=S. The molecule has 6 heteroatoms. The average molecular weight is 255 g/mol. The number of nitrogens with two attached hydrogens (primary N) is 1. The minimum Gasteiger partial charge on any atom is -0.391 e. The van der Waals surface area contributed by atoms with Gasteiger partial charge in [0.2, 0.25) is 5.76 Å². The largest absolute Gasteiger partial charge is 0.391 e. The van der Waals surface area contributed by atoms with Crippen molar-refractivity contribution in [2.24, 2.45) is 5.73 Å². The second-order valence-corrected chi connectivity index (χ2v) is 4.38. The summed E-state index contributed by atoms with van der Waals surface area (Å²) in [6, 6.07) is 1.57. The molecule has 1 amide bonds. The van der Waals surface area contributed by atoms with Crippen LogP contribution in [0.15, 0.2) is 10.6 Å². The van der Waals surface area contributed by atoms with Crippen LogP contribution in [0.1, 0.15) is 42.9 Å². The fourth-order valence-electron chi connectivity index (χ4n) is 1.59. The lowest BCUT2D eigenvalue weighted by Crippen LogP contribution is -2.55. The van der Waals surface area contributed by atoms with Gasteiger partial charge in [-0.05, 0) is 19.8 Å². The predicted octanol–water partition coefficient (Wildman–Crippen LogP) is 1.56. The second kappa shape index (κ2) is 5.27. The zero-order valence-electron chi connectivity index (χ0n) is 10.2. The fraction of sp³-hybridized carbons (Fsp3) is 0.545. The summed E-state index contributed by atoms with van der Waals surface area (Å²) in [5, 5.41) is 6.48. The summed E-state index contributed by atoms with van der Waals surface area (Å²) in [6.07, 6.45) is 1.27. The van der Waals surface area contributed by atoms with Crippen LogP contribution in [0.5, 0.6) is 0 Å². The summed E-state index contributed by atoms with van der Waals surface area (Å²) in [5.41, 5.74) is 5.69. The quantitative estimate of drug-likeness (QED) is 0.780. The van der Waals surface area contributed by atoms with Crippen LogP contribution in [-0.4, -0.2) is 21.6 Å². The van der Waals surface area contributed by atoms with Crippen LogP contribution in [-0.2, 0) is 0 Å². The number of nitrogens with one attached hydrogen (secondary N) is 1. The zero-order chi connectivity index (χ0) is 13.1. The second-order valence-electron chi connectivity index (χ2n) is 3.94. The van der Waals surface area contributed by atoms with E-state index in [4.69, 9.17) is 22.5 Å². The number of thiocarbonyl (C=S) groups is 1. The van der Waals surface area contributed by atoms with Gasteiger partial charge in [-0.1, -0.05) is 31.2 Å². The minimum absolute atomic E-state index is 0.171. The van der Waals surface area contributed by atoms with E-state index in [0.717, 1.165) is 0 Å². The van der Waals surface area contributed by atoms with Gasteiger partial charge >= 0.3 is 0 Å². The Hall–Kier alpha value is -1.43. The lowest BCUT2D eigenvalue weighted by molar-refractivity contribution is 0.0882. The minimum atomic E-state index is -0.660. The third-order valence-corrected chi connectivity index (χ3v) is 3.27. The maximum atomic E-state index is 11.9. The van der Waals surface area contributed by atoms with Gasteiger partial charge in [-0.25, -0.2) is 0 Å². The molecule has 0 unspecified atom stereocenters. The molecular weight excluding hydrogens is 238 g/mol. The Kier molecular flexibility index (Phi) is 4.22. The van der Waals surface area contributed by atoms with Crippen molar-refractivity contribution in [2.75, 3.05) is 0 Å². The van der Waals surface area contributed by atoms with E-state index in [1.807, 2.05) is 13.8 Å². The number of carbonyl (C=O) groups excluding carboxylic acids is 1. The van der Waals surface area contributed by atoms with Gasteiger partial charge in [0.25, 0.3) is 5.91 Å². The van der Waals surface area contributed by atoms with Crippen molar-refractivity contribution >= 4 is 23.1 Å². The van der Waals surface area contributed by atoms with Gasteiger partial charge in [-0.15, -0.1) is 0 Å². The first-order valence-electron chi connectivity index (χ1n) is 5.51. The molecule has 0 aliphatic carbocycles. The molecule has 1 aromatic heterocycles. The summed E-state index contributed by atoms with van der Waals surface area (Å²) >= 11 is 5.02. The molecule has 0 saturated carbocycles. The fourth-order valence-corrected chi connectivity index (χ4v) is 1.93. The number of hydrogen-bond donors (Lipinski definition) is 2. The van der Waals surface area contributed by atoms with Crippen molar-refractivity contribution < 1.29 is 9.32 Å².